The van der Waals surface area contributed by atoms with E-state index >= 15 is 0 Å². The number of amides is 1. The summed E-state index contributed by atoms with van der Waals surface area (Å²) < 4.78 is 0. The number of nitrogens with one attached hydrogen (secondary N) is 1. The van der Waals surface area contributed by atoms with Crippen molar-refractivity contribution in [1.29, 1.82) is 0 Å². The molecule has 2 aromatic rings. The van der Waals surface area contributed by atoms with Crippen LogP contribution in [0.25, 0.3) is 0 Å². The molecule has 1 aromatic heterocycles. The number of rotatable bonds is 3. The van der Waals surface area contributed by atoms with E-state index in [9.17, 15) is 4.79 Å². The number of hydrogen-bond acceptors (Lipinski definition) is 5. The molecule has 0 saturated carbocycles. The summed E-state index contributed by atoms with van der Waals surface area (Å²) in [5.74, 6) is -0.174. The van der Waals surface area contributed by atoms with Crippen LogP contribution in [0.5, 0.6) is 0 Å². The van der Waals surface area contributed by atoms with Crippen molar-refractivity contribution in [2.75, 3.05) is 24.3 Å². The lowest BCUT2D eigenvalue weighted by atomic mass is 10.2. The molecule has 0 atom stereocenters. The van der Waals surface area contributed by atoms with Crippen molar-refractivity contribution in [3.05, 3.63) is 35.3 Å². The number of hydrogen-bond donors (Lipinski definition) is 1. The molecule has 0 fully saturated rings. The average molecular weight is 248 g/mol. The van der Waals surface area contributed by atoms with Crippen molar-refractivity contribution in [2.45, 2.75) is 0 Å². The SMILES string of the molecule is CN(C)c1ccc(C(=O)Nc2nncs2)cc1. The zero-order chi connectivity index (χ0) is 12.3. The molecule has 6 heteroatoms. The van der Waals surface area contributed by atoms with Gasteiger partial charge in [0.05, 0.1) is 0 Å². The lowest BCUT2D eigenvalue weighted by Crippen LogP contribution is -2.13. The third-order valence-electron chi connectivity index (χ3n) is 2.23. The molecule has 88 valence electrons. The molecule has 1 heterocycles. The summed E-state index contributed by atoms with van der Waals surface area (Å²) in [5, 5.41) is 10.6. The summed E-state index contributed by atoms with van der Waals surface area (Å²) in [6.45, 7) is 0. The van der Waals surface area contributed by atoms with E-state index in [0.717, 1.165) is 5.69 Å². The van der Waals surface area contributed by atoms with E-state index < -0.39 is 0 Å². The average Bonchev–Trinajstić information content (AvgIpc) is 2.82. The highest BCUT2D eigenvalue weighted by molar-refractivity contribution is 7.13. The number of carbonyl (C=O) groups excluding carboxylic acids is 1. The first kappa shape index (κ1) is 11.5. The molecule has 1 N–H and O–H groups in total. The van der Waals surface area contributed by atoms with E-state index in [1.165, 1.54) is 11.3 Å². The quantitative estimate of drug-likeness (QED) is 0.900. The largest absolute Gasteiger partial charge is 0.378 e. The van der Waals surface area contributed by atoms with Gasteiger partial charge in [-0.1, -0.05) is 11.3 Å². The first-order valence-corrected chi connectivity index (χ1v) is 5.89. The molecule has 0 aliphatic rings. The smallest absolute Gasteiger partial charge is 0.257 e. The highest BCUT2D eigenvalue weighted by Crippen LogP contribution is 2.14. The predicted octanol–water partition coefficient (Wildman–Crippen LogP) is 1.86. The second kappa shape index (κ2) is 4.92. The van der Waals surface area contributed by atoms with E-state index in [0.29, 0.717) is 10.7 Å². The molecule has 0 aliphatic carbocycles. The Kier molecular flexibility index (Phi) is 3.34. The third kappa shape index (κ3) is 2.79. The molecule has 0 bridgehead atoms. The first-order chi connectivity index (χ1) is 8.16. The van der Waals surface area contributed by atoms with Crippen LogP contribution >= 0.6 is 11.3 Å². The fourth-order valence-electron chi connectivity index (χ4n) is 1.31. The summed E-state index contributed by atoms with van der Waals surface area (Å²) in [5.41, 5.74) is 3.23. The molecule has 0 spiro atoms. The van der Waals surface area contributed by atoms with Crippen LogP contribution in [0.2, 0.25) is 0 Å². The zero-order valence-corrected chi connectivity index (χ0v) is 10.4. The number of aromatic nitrogens is 2. The van der Waals surface area contributed by atoms with Crippen LogP contribution in [0.3, 0.4) is 0 Å². The van der Waals surface area contributed by atoms with Crippen molar-refractivity contribution in [3.8, 4) is 0 Å². The van der Waals surface area contributed by atoms with Gasteiger partial charge in [0.1, 0.15) is 5.51 Å². The molecule has 1 amide bonds. The minimum atomic E-state index is -0.174. The summed E-state index contributed by atoms with van der Waals surface area (Å²) >= 11 is 1.29. The van der Waals surface area contributed by atoms with Gasteiger partial charge in [0.25, 0.3) is 5.91 Å². The second-order valence-electron chi connectivity index (χ2n) is 3.64. The van der Waals surface area contributed by atoms with Crippen molar-refractivity contribution in [3.63, 3.8) is 0 Å². The van der Waals surface area contributed by atoms with Crippen LogP contribution in [-0.4, -0.2) is 30.2 Å². The minimum absolute atomic E-state index is 0.174. The van der Waals surface area contributed by atoms with E-state index in [1.807, 2.05) is 31.1 Å². The Hall–Kier alpha value is -1.95. The predicted molar refractivity (Wildman–Crippen MR) is 68.6 cm³/mol. The number of carbonyl (C=O) groups is 1. The second-order valence-corrected chi connectivity index (χ2v) is 4.47. The number of benzene rings is 1. The summed E-state index contributed by atoms with van der Waals surface area (Å²) in [6.07, 6.45) is 0. The van der Waals surface area contributed by atoms with Crippen molar-refractivity contribution < 1.29 is 4.79 Å². The lowest BCUT2D eigenvalue weighted by Gasteiger charge is -2.12. The summed E-state index contributed by atoms with van der Waals surface area (Å²) in [7, 11) is 3.91. The summed E-state index contributed by atoms with van der Waals surface area (Å²) in [4.78, 5) is 13.8. The van der Waals surface area contributed by atoms with Crippen LogP contribution < -0.4 is 10.2 Å². The fourth-order valence-corrected chi connectivity index (χ4v) is 1.75. The van der Waals surface area contributed by atoms with E-state index in [1.54, 1.807) is 17.6 Å². The molecular formula is C11H12N4OS. The van der Waals surface area contributed by atoms with E-state index in [2.05, 4.69) is 15.5 Å². The molecule has 17 heavy (non-hydrogen) atoms. The van der Waals surface area contributed by atoms with E-state index in [-0.39, 0.29) is 5.91 Å². The molecule has 0 saturated heterocycles. The van der Waals surface area contributed by atoms with Crippen LogP contribution in [-0.2, 0) is 0 Å². The van der Waals surface area contributed by atoms with Gasteiger partial charge < -0.3 is 4.90 Å². The fraction of sp³-hybridized carbons (Fsp3) is 0.182. The van der Waals surface area contributed by atoms with Crippen LogP contribution in [0.15, 0.2) is 29.8 Å². The Morgan fingerprint density at radius 2 is 2.00 bits per heavy atom. The number of anilines is 2. The highest BCUT2D eigenvalue weighted by Gasteiger charge is 2.07. The monoisotopic (exact) mass is 248 g/mol. The molecule has 0 unspecified atom stereocenters. The minimum Gasteiger partial charge on any atom is -0.378 e. The molecular weight excluding hydrogens is 236 g/mol. The van der Waals surface area contributed by atoms with Gasteiger partial charge in [0, 0.05) is 25.3 Å². The van der Waals surface area contributed by atoms with Gasteiger partial charge in [-0.2, -0.15) is 0 Å². The lowest BCUT2D eigenvalue weighted by molar-refractivity contribution is 0.102. The Balaban J connectivity index is 2.09. The standard InChI is InChI=1S/C11H12N4OS/c1-15(2)9-5-3-8(4-6-9)10(16)13-11-14-12-7-17-11/h3-7H,1-2H3,(H,13,14,16). The maximum Gasteiger partial charge on any atom is 0.257 e. The maximum atomic E-state index is 11.8. The number of nitrogens with zero attached hydrogens (tertiary/aromatic N) is 3. The Morgan fingerprint density at radius 1 is 1.29 bits per heavy atom. The van der Waals surface area contributed by atoms with Crippen LogP contribution in [0.1, 0.15) is 10.4 Å². The van der Waals surface area contributed by atoms with E-state index in [4.69, 9.17) is 0 Å². The third-order valence-corrected chi connectivity index (χ3v) is 2.83. The molecule has 0 aliphatic heterocycles. The van der Waals surface area contributed by atoms with Crippen molar-refractivity contribution >= 4 is 28.1 Å². The topological polar surface area (TPSA) is 58.1 Å². The summed E-state index contributed by atoms with van der Waals surface area (Å²) in [6, 6.07) is 7.36. The van der Waals surface area contributed by atoms with Gasteiger partial charge in [0.2, 0.25) is 5.13 Å². The van der Waals surface area contributed by atoms with Gasteiger partial charge in [-0.3, -0.25) is 10.1 Å². The van der Waals surface area contributed by atoms with Crippen LogP contribution in [0, 0.1) is 0 Å². The van der Waals surface area contributed by atoms with Gasteiger partial charge >= 0.3 is 0 Å². The van der Waals surface area contributed by atoms with Crippen molar-refractivity contribution in [1.82, 2.24) is 10.2 Å². The molecule has 1 aromatic carbocycles. The normalized spacial score (nSPS) is 10.0. The Labute approximate surface area is 103 Å². The zero-order valence-electron chi connectivity index (χ0n) is 9.54. The molecule has 5 nitrogen and oxygen atoms in total. The van der Waals surface area contributed by atoms with Gasteiger partial charge in [0.15, 0.2) is 0 Å². The Bertz CT molecular complexity index is 493. The van der Waals surface area contributed by atoms with Crippen molar-refractivity contribution in [2.24, 2.45) is 0 Å². The van der Waals surface area contributed by atoms with Crippen LogP contribution in [0.4, 0.5) is 10.8 Å². The van der Waals surface area contributed by atoms with Gasteiger partial charge in [-0.05, 0) is 24.3 Å². The molecule has 0 radical (unpaired) electrons. The van der Waals surface area contributed by atoms with Gasteiger partial charge in [-0.25, -0.2) is 0 Å². The van der Waals surface area contributed by atoms with Gasteiger partial charge in [-0.15, -0.1) is 10.2 Å². The highest BCUT2D eigenvalue weighted by atomic mass is 32.1. The maximum absolute atomic E-state index is 11.8. The first-order valence-electron chi connectivity index (χ1n) is 5.02. The Morgan fingerprint density at radius 3 is 2.53 bits per heavy atom. The molecule has 2 rings (SSSR count).